The molecule has 2 amide bonds. The Hall–Kier alpha value is -1.47. The molecule has 7 heteroatoms. The third-order valence-corrected chi connectivity index (χ3v) is 6.05. The van der Waals surface area contributed by atoms with E-state index in [1.165, 1.54) is 30.6 Å². The van der Waals surface area contributed by atoms with Gasteiger partial charge >= 0.3 is 0 Å². The minimum absolute atomic E-state index is 0.00853. The van der Waals surface area contributed by atoms with E-state index in [1.54, 1.807) is 6.20 Å². The Morgan fingerprint density at radius 2 is 2.04 bits per heavy atom. The van der Waals surface area contributed by atoms with E-state index in [4.69, 9.17) is 0 Å². The second-order valence-corrected chi connectivity index (χ2v) is 8.07. The molecule has 2 aliphatic rings. The van der Waals surface area contributed by atoms with Crippen LogP contribution in [0.1, 0.15) is 51.9 Å². The first-order valence-corrected chi connectivity index (χ1v) is 10.3. The number of hydrogen-bond acceptors (Lipinski definition) is 5. The van der Waals surface area contributed by atoms with Crippen molar-refractivity contribution in [1.82, 2.24) is 15.2 Å². The van der Waals surface area contributed by atoms with Crippen LogP contribution in [-0.4, -0.2) is 46.9 Å². The van der Waals surface area contributed by atoms with Gasteiger partial charge in [-0.25, -0.2) is 4.98 Å². The number of anilines is 1. The molecule has 3 rings (SSSR count). The first kappa shape index (κ1) is 18.3. The summed E-state index contributed by atoms with van der Waals surface area (Å²) in [5, 5.41) is 8.56. The topological polar surface area (TPSA) is 74.3 Å². The lowest BCUT2D eigenvalue weighted by Crippen LogP contribution is -2.51. The number of amides is 2. The van der Waals surface area contributed by atoms with E-state index in [1.807, 2.05) is 12.3 Å². The molecular weight excluding hydrogens is 336 g/mol. The summed E-state index contributed by atoms with van der Waals surface area (Å²) in [6.45, 7) is 3.43. The van der Waals surface area contributed by atoms with Gasteiger partial charge in [0, 0.05) is 24.2 Å². The molecule has 25 heavy (non-hydrogen) atoms. The highest BCUT2D eigenvalue weighted by Crippen LogP contribution is 2.22. The zero-order chi connectivity index (χ0) is 17.6. The SMILES string of the molecule is C[C@@H](C(=O)Nc1nccs1)N1CCC[C@H](C(=O)NC2CCCCC2)C1. The number of rotatable bonds is 5. The van der Waals surface area contributed by atoms with Crippen LogP contribution in [0.2, 0.25) is 0 Å². The summed E-state index contributed by atoms with van der Waals surface area (Å²) < 4.78 is 0. The zero-order valence-electron chi connectivity index (χ0n) is 14.9. The van der Waals surface area contributed by atoms with E-state index in [0.29, 0.717) is 17.7 Å². The lowest BCUT2D eigenvalue weighted by molar-refractivity contribution is -0.130. The standard InChI is InChI=1S/C18H28N4O2S/c1-13(16(23)21-18-19-9-11-25-18)22-10-5-6-14(12-22)17(24)20-15-7-3-2-4-8-15/h9,11,13-15H,2-8,10,12H2,1H3,(H,20,24)(H,19,21,23)/t13-,14-/m0/s1. The van der Waals surface area contributed by atoms with Gasteiger partial charge in [0.2, 0.25) is 11.8 Å². The van der Waals surface area contributed by atoms with Crippen LogP contribution in [0.3, 0.4) is 0 Å². The first-order valence-electron chi connectivity index (χ1n) is 9.38. The van der Waals surface area contributed by atoms with Gasteiger partial charge in [-0.05, 0) is 39.2 Å². The van der Waals surface area contributed by atoms with Crippen LogP contribution in [-0.2, 0) is 9.59 Å². The fraction of sp³-hybridized carbons (Fsp3) is 0.722. The normalized spacial score (nSPS) is 23.8. The van der Waals surface area contributed by atoms with Crippen LogP contribution in [0.15, 0.2) is 11.6 Å². The predicted molar refractivity (Wildman–Crippen MR) is 99.5 cm³/mol. The Morgan fingerprint density at radius 3 is 2.76 bits per heavy atom. The van der Waals surface area contributed by atoms with E-state index in [-0.39, 0.29) is 23.8 Å². The molecule has 1 saturated heterocycles. The maximum absolute atomic E-state index is 12.6. The van der Waals surface area contributed by atoms with Gasteiger partial charge in [-0.2, -0.15) is 0 Å². The Kier molecular flexibility index (Phi) is 6.42. The third kappa shape index (κ3) is 5.01. The molecule has 1 aliphatic carbocycles. The minimum Gasteiger partial charge on any atom is -0.353 e. The monoisotopic (exact) mass is 364 g/mol. The van der Waals surface area contributed by atoms with Gasteiger partial charge in [-0.15, -0.1) is 11.3 Å². The van der Waals surface area contributed by atoms with E-state index >= 15 is 0 Å². The molecule has 0 radical (unpaired) electrons. The molecule has 0 aromatic carbocycles. The maximum atomic E-state index is 12.6. The Bertz CT molecular complexity index is 572. The van der Waals surface area contributed by atoms with Crippen molar-refractivity contribution in [3.63, 3.8) is 0 Å². The molecule has 1 aliphatic heterocycles. The second-order valence-electron chi connectivity index (χ2n) is 7.18. The summed E-state index contributed by atoms with van der Waals surface area (Å²) in [4.78, 5) is 31.2. The zero-order valence-corrected chi connectivity index (χ0v) is 15.7. The lowest BCUT2D eigenvalue weighted by Gasteiger charge is -2.36. The molecule has 2 fully saturated rings. The fourth-order valence-electron chi connectivity index (χ4n) is 3.80. The molecule has 1 saturated carbocycles. The molecule has 6 nitrogen and oxygen atoms in total. The molecule has 2 atom stereocenters. The number of nitrogens with one attached hydrogen (secondary N) is 2. The van der Waals surface area contributed by atoms with E-state index in [0.717, 1.165) is 32.2 Å². The molecule has 0 unspecified atom stereocenters. The van der Waals surface area contributed by atoms with Crippen LogP contribution in [0.25, 0.3) is 0 Å². The lowest BCUT2D eigenvalue weighted by atomic mass is 9.92. The largest absolute Gasteiger partial charge is 0.353 e. The maximum Gasteiger partial charge on any atom is 0.243 e. The summed E-state index contributed by atoms with van der Waals surface area (Å²) in [5.41, 5.74) is 0. The second kappa shape index (κ2) is 8.76. The highest BCUT2D eigenvalue weighted by Gasteiger charge is 2.32. The Labute approximate surface area is 153 Å². The quantitative estimate of drug-likeness (QED) is 0.842. The van der Waals surface area contributed by atoms with Gasteiger partial charge in [-0.3, -0.25) is 14.5 Å². The van der Waals surface area contributed by atoms with Gasteiger partial charge in [0.1, 0.15) is 0 Å². The number of carbonyl (C=O) groups is 2. The van der Waals surface area contributed by atoms with Crippen molar-refractivity contribution in [2.45, 2.75) is 64.0 Å². The van der Waals surface area contributed by atoms with Gasteiger partial charge in [0.15, 0.2) is 5.13 Å². The van der Waals surface area contributed by atoms with Gasteiger partial charge in [-0.1, -0.05) is 19.3 Å². The van der Waals surface area contributed by atoms with Crippen LogP contribution >= 0.6 is 11.3 Å². The first-order chi connectivity index (χ1) is 12.1. The highest BCUT2D eigenvalue weighted by molar-refractivity contribution is 7.13. The third-order valence-electron chi connectivity index (χ3n) is 5.36. The van der Waals surface area contributed by atoms with Gasteiger partial charge < -0.3 is 10.6 Å². The molecule has 1 aromatic rings. The number of aromatic nitrogens is 1. The van der Waals surface area contributed by atoms with Gasteiger partial charge in [0.25, 0.3) is 0 Å². The number of carbonyl (C=O) groups excluding carboxylic acids is 2. The minimum atomic E-state index is -0.255. The van der Waals surface area contributed by atoms with Gasteiger partial charge in [0.05, 0.1) is 12.0 Å². The average Bonchev–Trinajstić information content (AvgIpc) is 3.15. The number of nitrogens with zero attached hydrogens (tertiary/aromatic N) is 2. The van der Waals surface area contributed by atoms with Crippen LogP contribution < -0.4 is 10.6 Å². The Balaban J connectivity index is 1.51. The van der Waals surface area contributed by atoms with Crippen molar-refractivity contribution in [1.29, 1.82) is 0 Å². The highest BCUT2D eigenvalue weighted by atomic mass is 32.1. The number of thiazole rings is 1. The molecule has 2 N–H and O–H groups in total. The van der Waals surface area contributed by atoms with Crippen molar-refractivity contribution in [3.8, 4) is 0 Å². The summed E-state index contributed by atoms with van der Waals surface area (Å²) in [7, 11) is 0. The van der Waals surface area contributed by atoms with Crippen molar-refractivity contribution >= 4 is 28.3 Å². The van der Waals surface area contributed by atoms with E-state index in [2.05, 4.69) is 20.5 Å². The van der Waals surface area contributed by atoms with Crippen molar-refractivity contribution in [2.24, 2.45) is 5.92 Å². The smallest absolute Gasteiger partial charge is 0.243 e. The van der Waals surface area contributed by atoms with Crippen LogP contribution in [0.5, 0.6) is 0 Å². The number of piperidine rings is 1. The summed E-state index contributed by atoms with van der Waals surface area (Å²) in [6.07, 6.45) is 9.48. The summed E-state index contributed by atoms with van der Waals surface area (Å²) in [6, 6.07) is 0.0939. The van der Waals surface area contributed by atoms with Crippen LogP contribution in [0.4, 0.5) is 5.13 Å². The van der Waals surface area contributed by atoms with E-state index in [9.17, 15) is 9.59 Å². The molecule has 0 bridgehead atoms. The predicted octanol–water partition coefficient (Wildman–Crippen LogP) is 2.63. The van der Waals surface area contributed by atoms with Crippen LogP contribution in [0, 0.1) is 5.92 Å². The van der Waals surface area contributed by atoms with Crippen molar-refractivity contribution < 1.29 is 9.59 Å². The molecule has 138 valence electrons. The molecule has 2 heterocycles. The summed E-state index contributed by atoms with van der Waals surface area (Å²) >= 11 is 1.41. The Morgan fingerprint density at radius 1 is 1.24 bits per heavy atom. The van der Waals surface area contributed by atoms with Crippen molar-refractivity contribution in [2.75, 3.05) is 18.4 Å². The number of likely N-dealkylation sites (tertiary alicyclic amines) is 1. The summed E-state index contributed by atoms with van der Waals surface area (Å²) in [5.74, 6) is 0.109. The molecule has 0 spiro atoms. The van der Waals surface area contributed by atoms with E-state index < -0.39 is 0 Å². The average molecular weight is 365 g/mol. The number of hydrogen-bond donors (Lipinski definition) is 2. The molecule has 1 aromatic heterocycles. The molecular formula is C18H28N4O2S. The fourth-order valence-corrected chi connectivity index (χ4v) is 4.33. The van der Waals surface area contributed by atoms with Crippen molar-refractivity contribution in [3.05, 3.63) is 11.6 Å².